The van der Waals surface area contributed by atoms with Crippen LogP contribution in [0.15, 0.2) is 36.4 Å². The van der Waals surface area contributed by atoms with Crippen LogP contribution in [-0.4, -0.2) is 34.1 Å². The summed E-state index contributed by atoms with van der Waals surface area (Å²) in [6.07, 6.45) is 1.75. The molecule has 3 N–H and O–H groups in total. The van der Waals surface area contributed by atoms with E-state index in [0.29, 0.717) is 24.6 Å². The first kappa shape index (κ1) is 13.5. The molecule has 1 aliphatic rings. The fourth-order valence-electron chi connectivity index (χ4n) is 2.56. The van der Waals surface area contributed by atoms with Crippen molar-refractivity contribution in [2.75, 3.05) is 18.5 Å². The van der Waals surface area contributed by atoms with Crippen LogP contribution in [0.25, 0.3) is 0 Å². The van der Waals surface area contributed by atoms with Crippen molar-refractivity contribution in [2.24, 2.45) is 5.84 Å². The van der Waals surface area contributed by atoms with Crippen molar-refractivity contribution < 1.29 is 4.79 Å². The molecule has 6 nitrogen and oxygen atoms in total. The highest BCUT2D eigenvalue weighted by Gasteiger charge is 2.20. The summed E-state index contributed by atoms with van der Waals surface area (Å²) < 4.78 is 0. The van der Waals surface area contributed by atoms with Crippen molar-refractivity contribution in [3.63, 3.8) is 0 Å². The maximum absolute atomic E-state index is 12.5. The smallest absolute Gasteiger partial charge is 0.274 e. The minimum absolute atomic E-state index is 0.0844. The Kier molecular flexibility index (Phi) is 3.79. The SMILES string of the molecule is NNc1ccc(C(=O)N2CCc3ccccc3CC2)nn1. The quantitative estimate of drug-likeness (QED) is 0.634. The predicted molar refractivity (Wildman–Crippen MR) is 79.6 cm³/mol. The van der Waals surface area contributed by atoms with E-state index in [2.05, 4.69) is 27.8 Å². The Bertz CT molecular complexity index is 614. The number of aromatic nitrogens is 2. The first-order valence-electron chi connectivity index (χ1n) is 6.94. The Morgan fingerprint density at radius 2 is 1.71 bits per heavy atom. The average molecular weight is 283 g/mol. The number of nitrogens with two attached hydrogens (primary N) is 1. The summed E-state index contributed by atoms with van der Waals surface area (Å²) in [5.41, 5.74) is 5.38. The molecule has 0 radical (unpaired) electrons. The molecular weight excluding hydrogens is 266 g/mol. The average Bonchev–Trinajstić information content (AvgIpc) is 2.77. The summed E-state index contributed by atoms with van der Waals surface area (Å²) in [5.74, 6) is 5.60. The highest BCUT2D eigenvalue weighted by atomic mass is 16.2. The van der Waals surface area contributed by atoms with E-state index in [4.69, 9.17) is 5.84 Å². The van der Waals surface area contributed by atoms with Gasteiger partial charge in [0.05, 0.1) is 0 Å². The van der Waals surface area contributed by atoms with E-state index in [1.54, 1.807) is 12.1 Å². The lowest BCUT2D eigenvalue weighted by molar-refractivity contribution is 0.0756. The zero-order valence-electron chi connectivity index (χ0n) is 11.6. The normalized spacial score (nSPS) is 14.2. The maximum atomic E-state index is 12.5. The van der Waals surface area contributed by atoms with Crippen LogP contribution in [0, 0.1) is 0 Å². The van der Waals surface area contributed by atoms with Gasteiger partial charge in [-0.1, -0.05) is 24.3 Å². The second kappa shape index (κ2) is 5.88. The van der Waals surface area contributed by atoms with Crippen molar-refractivity contribution in [3.05, 3.63) is 53.2 Å². The number of hydrogen-bond donors (Lipinski definition) is 2. The largest absolute Gasteiger partial charge is 0.337 e. The monoisotopic (exact) mass is 283 g/mol. The van der Waals surface area contributed by atoms with Gasteiger partial charge in [-0.05, 0) is 36.1 Å². The van der Waals surface area contributed by atoms with E-state index < -0.39 is 0 Å². The Balaban J connectivity index is 1.74. The Hall–Kier alpha value is -2.47. The predicted octanol–water partition coefficient (Wildman–Crippen LogP) is 1.00. The molecular formula is C15H17N5O. The highest BCUT2D eigenvalue weighted by Crippen LogP contribution is 2.16. The van der Waals surface area contributed by atoms with Crippen molar-refractivity contribution in [1.29, 1.82) is 0 Å². The molecule has 2 aromatic rings. The molecule has 0 spiro atoms. The van der Waals surface area contributed by atoms with Crippen LogP contribution in [0.1, 0.15) is 21.6 Å². The standard InChI is InChI=1S/C15H17N5O/c16-17-14-6-5-13(18-19-14)15(21)20-9-7-11-3-1-2-4-12(11)8-10-20/h1-6H,7-10,16H2,(H,17,19). The van der Waals surface area contributed by atoms with E-state index in [1.807, 2.05) is 17.0 Å². The number of nitrogens with zero attached hydrogens (tertiary/aromatic N) is 3. The molecule has 6 heteroatoms. The fourth-order valence-corrected chi connectivity index (χ4v) is 2.56. The van der Waals surface area contributed by atoms with Crippen molar-refractivity contribution in [2.45, 2.75) is 12.8 Å². The van der Waals surface area contributed by atoms with Crippen LogP contribution in [0.4, 0.5) is 5.82 Å². The van der Waals surface area contributed by atoms with E-state index in [9.17, 15) is 4.79 Å². The molecule has 0 atom stereocenters. The second-order valence-corrected chi connectivity index (χ2v) is 5.01. The van der Waals surface area contributed by atoms with E-state index in [0.717, 1.165) is 12.8 Å². The Morgan fingerprint density at radius 3 is 2.24 bits per heavy atom. The molecule has 0 unspecified atom stereocenters. The summed E-state index contributed by atoms with van der Waals surface area (Å²) >= 11 is 0. The van der Waals surface area contributed by atoms with Crippen LogP contribution >= 0.6 is 0 Å². The molecule has 1 amide bonds. The lowest BCUT2D eigenvalue weighted by atomic mass is 10.0. The number of anilines is 1. The van der Waals surface area contributed by atoms with Gasteiger partial charge in [0.15, 0.2) is 11.5 Å². The Labute approximate surface area is 122 Å². The van der Waals surface area contributed by atoms with E-state index in [-0.39, 0.29) is 5.91 Å². The summed E-state index contributed by atoms with van der Waals surface area (Å²) in [4.78, 5) is 14.3. The number of amides is 1. The van der Waals surface area contributed by atoms with Gasteiger partial charge in [0.1, 0.15) is 0 Å². The topological polar surface area (TPSA) is 84.1 Å². The molecule has 0 saturated carbocycles. The zero-order valence-corrected chi connectivity index (χ0v) is 11.6. The molecule has 3 rings (SSSR count). The highest BCUT2D eigenvalue weighted by molar-refractivity contribution is 5.92. The van der Waals surface area contributed by atoms with Gasteiger partial charge in [0.25, 0.3) is 5.91 Å². The van der Waals surface area contributed by atoms with Gasteiger partial charge in [-0.3, -0.25) is 4.79 Å². The van der Waals surface area contributed by atoms with Gasteiger partial charge in [0.2, 0.25) is 0 Å². The first-order valence-corrected chi connectivity index (χ1v) is 6.94. The number of nitrogen functional groups attached to an aromatic ring is 1. The van der Waals surface area contributed by atoms with Crippen LogP contribution in [-0.2, 0) is 12.8 Å². The number of carbonyl (C=O) groups excluding carboxylic acids is 1. The first-order chi connectivity index (χ1) is 10.3. The number of carbonyl (C=O) groups is 1. The molecule has 108 valence electrons. The molecule has 1 aliphatic heterocycles. The summed E-state index contributed by atoms with van der Waals surface area (Å²) in [7, 11) is 0. The van der Waals surface area contributed by atoms with Gasteiger partial charge in [-0.15, -0.1) is 10.2 Å². The molecule has 0 aliphatic carbocycles. The number of rotatable bonds is 2. The molecule has 1 aromatic heterocycles. The third-order valence-electron chi connectivity index (χ3n) is 3.74. The molecule has 1 aromatic carbocycles. The molecule has 0 fully saturated rings. The minimum Gasteiger partial charge on any atom is -0.337 e. The van der Waals surface area contributed by atoms with E-state index in [1.165, 1.54) is 11.1 Å². The van der Waals surface area contributed by atoms with Gasteiger partial charge in [-0.25, -0.2) is 5.84 Å². The van der Waals surface area contributed by atoms with Gasteiger partial charge in [-0.2, -0.15) is 0 Å². The summed E-state index contributed by atoms with van der Waals surface area (Å²) in [6, 6.07) is 11.6. The summed E-state index contributed by atoms with van der Waals surface area (Å²) in [5, 5.41) is 7.76. The minimum atomic E-state index is -0.0844. The van der Waals surface area contributed by atoms with Crippen LogP contribution < -0.4 is 11.3 Å². The molecule has 0 saturated heterocycles. The van der Waals surface area contributed by atoms with Gasteiger partial charge in [0, 0.05) is 13.1 Å². The van der Waals surface area contributed by atoms with Crippen LogP contribution in [0.2, 0.25) is 0 Å². The van der Waals surface area contributed by atoms with Crippen molar-refractivity contribution in [3.8, 4) is 0 Å². The van der Waals surface area contributed by atoms with Gasteiger partial charge < -0.3 is 10.3 Å². The van der Waals surface area contributed by atoms with Crippen molar-refractivity contribution in [1.82, 2.24) is 15.1 Å². The number of nitrogens with one attached hydrogen (secondary N) is 1. The number of hydrazine groups is 1. The lowest BCUT2D eigenvalue weighted by Crippen LogP contribution is -2.34. The molecule has 0 bridgehead atoms. The summed E-state index contributed by atoms with van der Waals surface area (Å²) in [6.45, 7) is 1.41. The number of benzene rings is 1. The number of hydrogen-bond acceptors (Lipinski definition) is 5. The molecule has 2 heterocycles. The van der Waals surface area contributed by atoms with Crippen molar-refractivity contribution >= 4 is 11.7 Å². The van der Waals surface area contributed by atoms with E-state index >= 15 is 0 Å². The zero-order chi connectivity index (χ0) is 14.7. The lowest BCUT2D eigenvalue weighted by Gasteiger charge is -2.19. The second-order valence-electron chi connectivity index (χ2n) is 5.01. The number of fused-ring (bicyclic) bond motifs is 1. The third kappa shape index (κ3) is 2.85. The van der Waals surface area contributed by atoms with Crippen LogP contribution in [0.3, 0.4) is 0 Å². The van der Waals surface area contributed by atoms with Gasteiger partial charge >= 0.3 is 0 Å². The Morgan fingerprint density at radius 1 is 1.05 bits per heavy atom. The maximum Gasteiger partial charge on any atom is 0.274 e. The third-order valence-corrected chi connectivity index (χ3v) is 3.74. The molecule has 21 heavy (non-hydrogen) atoms. The van der Waals surface area contributed by atoms with Crippen LogP contribution in [0.5, 0.6) is 0 Å². The fraction of sp³-hybridized carbons (Fsp3) is 0.267.